The average molecular weight is 308 g/mol. The first-order valence-electron chi connectivity index (χ1n) is 7.85. The monoisotopic (exact) mass is 308 g/mol. The number of nitrogens with zero attached hydrogens (tertiary/aromatic N) is 2. The van der Waals surface area contributed by atoms with Crippen molar-refractivity contribution in [2.45, 2.75) is 44.9 Å². The quantitative estimate of drug-likeness (QED) is 0.875. The van der Waals surface area contributed by atoms with Crippen LogP contribution in [0.15, 0.2) is 24.3 Å². The van der Waals surface area contributed by atoms with Crippen molar-refractivity contribution in [3.8, 4) is 0 Å². The molecule has 122 valence electrons. The smallest absolute Gasteiger partial charge is 0.253 e. The molecule has 1 saturated heterocycles. The fraction of sp³-hybridized carbons (Fsp3) is 0.588. The molecule has 0 saturated carbocycles. The fourth-order valence-electron chi connectivity index (χ4n) is 2.74. The van der Waals surface area contributed by atoms with Gasteiger partial charge in [-0.05, 0) is 57.5 Å². The first-order chi connectivity index (χ1) is 10.4. The Balaban J connectivity index is 1.77. The second-order valence-corrected chi connectivity index (χ2v) is 6.22. The summed E-state index contributed by atoms with van der Waals surface area (Å²) in [5, 5.41) is 9.48. The van der Waals surface area contributed by atoms with Gasteiger partial charge in [-0.15, -0.1) is 0 Å². The number of carbonyl (C=O) groups is 1. The zero-order valence-corrected chi connectivity index (χ0v) is 13.5. The maximum atomic E-state index is 12.9. The van der Waals surface area contributed by atoms with Gasteiger partial charge in [-0.1, -0.05) is 0 Å². The highest BCUT2D eigenvalue weighted by atomic mass is 19.1. The van der Waals surface area contributed by atoms with Crippen LogP contribution in [0.5, 0.6) is 0 Å². The molecule has 1 aromatic carbocycles. The number of amides is 1. The molecule has 0 bridgehead atoms. The molecule has 1 amide bonds. The van der Waals surface area contributed by atoms with Gasteiger partial charge in [0, 0.05) is 31.2 Å². The van der Waals surface area contributed by atoms with E-state index in [1.807, 2.05) is 13.8 Å². The van der Waals surface area contributed by atoms with Gasteiger partial charge in [0.15, 0.2) is 0 Å². The maximum Gasteiger partial charge on any atom is 0.253 e. The van der Waals surface area contributed by atoms with Gasteiger partial charge in [0.25, 0.3) is 5.91 Å². The summed E-state index contributed by atoms with van der Waals surface area (Å²) in [5.74, 6) is -0.418. The molecule has 4 nitrogen and oxygen atoms in total. The van der Waals surface area contributed by atoms with Crippen LogP contribution in [0.1, 0.15) is 37.0 Å². The summed E-state index contributed by atoms with van der Waals surface area (Å²) in [7, 11) is 1.78. The van der Waals surface area contributed by atoms with Gasteiger partial charge in [-0.25, -0.2) is 4.39 Å². The molecule has 2 rings (SSSR count). The van der Waals surface area contributed by atoms with Crippen LogP contribution in [-0.4, -0.2) is 59.1 Å². The molecule has 3 atom stereocenters. The van der Waals surface area contributed by atoms with Crippen molar-refractivity contribution >= 4 is 5.91 Å². The van der Waals surface area contributed by atoms with E-state index >= 15 is 0 Å². The number of carbonyl (C=O) groups excluding carboxylic acids is 1. The number of benzene rings is 1. The maximum absolute atomic E-state index is 12.9. The lowest BCUT2D eigenvalue weighted by atomic mass is 10.0. The van der Waals surface area contributed by atoms with Crippen molar-refractivity contribution in [1.82, 2.24) is 9.80 Å². The predicted molar refractivity (Wildman–Crippen MR) is 84.2 cm³/mol. The highest BCUT2D eigenvalue weighted by Crippen LogP contribution is 2.19. The third kappa shape index (κ3) is 3.84. The van der Waals surface area contributed by atoms with Crippen molar-refractivity contribution in [3.05, 3.63) is 35.6 Å². The van der Waals surface area contributed by atoms with Gasteiger partial charge < -0.3 is 10.0 Å². The molecule has 0 radical (unpaired) electrons. The standard InChI is InChI=1S/C17H25FN2O2/c1-12(5-4-10-20-11-16(21)13(20)2)19(3)17(22)14-6-8-15(18)9-7-14/h6-9,12-13,16,21H,4-5,10-11H2,1-3H3/t12-,13+,16+/m0/s1. The molecule has 0 spiro atoms. The molecule has 1 aliphatic heterocycles. The molecular formula is C17H25FN2O2. The number of aliphatic hydroxyl groups is 1. The summed E-state index contributed by atoms with van der Waals surface area (Å²) < 4.78 is 12.9. The Kier molecular flexibility index (Phi) is 5.53. The van der Waals surface area contributed by atoms with E-state index < -0.39 is 0 Å². The topological polar surface area (TPSA) is 43.8 Å². The number of halogens is 1. The number of rotatable bonds is 6. The van der Waals surface area contributed by atoms with E-state index in [-0.39, 0.29) is 29.9 Å². The minimum Gasteiger partial charge on any atom is -0.390 e. The van der Waals surface area contributed by atoms with Crippen molar-refractivity contribution in [2.75, 3.05) is 20.1 Å². The number of aliphatic hydroxyl groups excluding tert-OH is 1. The Morgan fingerprint density at radius 1 is 1.45 bits per heavy atom. The first-order valence-corrected chi connectivity index (χ1v) is 7.85. The third-order valence-corrected chi connectivity index (χ3v) is 4.69. The molecule has 0 aromatic heterocycles. The highest BCUT2D eigenvalue weighted by molar-refractivity contribution is 5.94. The molecule has 1 aromatic rings. The minimum absolute atomic E-state index is 0.0831. The summed E-state index contributed by atoms with van der Waals surface area (Å²) in [6.07, 6.45) is 1.70. The molecule has 0 aliphatic carbocycles. The van der Waals surface area contributed by atoms with Gasteiger partial charge in [-0.2, -0.15) is 0 Å². The van der Waals surface area contributed by atoms with Crippen LogP contribution in [0, 0.1) is 5.82 Å². The van der Waals surface area contributed by atoms with Crippen molar-refractivity contribution in [2.24, 2.45) is 0 Å². The minimum atomic E-state index is -0.335. The van der Waals surface area contributed by atoms with Crippen LogP contribution in [0.3, 0.4) is 0 Å². The normalized spacial score (nSPS) is 23.0. The van der Waals surface area contributed by atoms with Crippen LogP contribution in [0.4, 0.5) is 4.39 Å². The average Bonchev–Trinajstić information content (AvgIpc) is 2.52. The summed E-state index contributed by atoms with van der Waals surface area (Å²) in [6.45, 7) is 5.75. The summed E-state index contributed by atoms with van der Waals surface area (Å²) >= 11 is 0. The second-order valence-electron chi connectivity index (χ2n) is 6.22. The van der Waals surface area contributed by atoms with E-state index in [0.29, 0.717) is 5.56 Å². The van der Waals surface area contributed by atoms with Crippen LogP contribution < -0.4 is 0 Å². The van der Waals surface area contributed by atoms with E-state index in [4.69, 9.17) is 0 Å². The van der Waals surface area contributed by atoms with Gasteiger partial charge in [-0.3, -0.25) is 9.69 Å². The first kappa shape index (κ1) is 16.9. The number of hydrogen-bond donors (Lipinski definition) is 1. The predicted octanol–water partition coefficient (Wildman–Crippen LogP) is 2.13. The molecule has 22 heavy (non-hydrogen) atoms. The third-order valence-electron chi connectivity index (χ3n) is 4.69. The number of β-amino-alcohol motifs (C(OH)–C–C–N with tert-alkyl or cyclic N) is 1. The van der Waals surface area contributed by atoms with Crippen LogP contribution >= 0.6 is 0 Å². The van der Waals surface area contributed by atoms with E-state index in [0.717, 1.165) is 25.9 Å². The highest BCUT2D eigenvalue weighted by Gasteiger charge is 2.32. The van der Waals surface area contributed by atoms with Crippen molar-refractivity contribution < 1.29 is 14.3 Å². The van der Waals surface area contributed by atoms with E-state index in [9.17, 15) is 14.3 Å². The van der Waals surface area contributed by atoms with E-state index in [1.165, 1.54) is 24.3 Å². The van der Waals surface area contributed by atoms with E-state index in [1.54, 1.807) is 11.9 Å². The second kappa shape index (κ2) is 7.20. The summed E-state index contributed by atoms with van der Waals surface area (Å²) in [6, 6.07) is 6.02. The lowest BCUT2D eigenvalue weighted by Crippen LogP contribution is -2.58. The van der Waals surface area contributed by atoms with Gasteiger partial charge in [0.2, 0.25) is 0 Å². The Morgan fingerprint density at radius 3 is 2.64 bits per heavy atom. The molecule has 1 heterocycles. The van der Waals surface area contributed by atoms with Crippen molar-refractivity contribution in [1.29, 1.82) is 0 Å². The molecule has 1 aliphatic rings. The van der Waals surface area contributed by atoms with Crippen LogP contribution in [0.2, 0.25) is 0 Å². The number of hydrogen-bond acceptors (Lipinski definition) is 3. The molecule has 1 fully saturated rings. The van der Waals surface area contributed by atoms with Gasteiger partial charge in [0.1, 0.15) is 5.82 Å². The lowest BCUT2D eigenvalue weighted by Gasteiger charge is -2.43. The summed E-state index contributed by atoms with van der Waals surface area (Å²) in [5.41, 5.74) is 0.509. The fourth-order valence-corrected chi connectivity index (χ4v) is 2.74. The van der Waals surface area contributed by atoms with E-state index in [2.05, 4.69) is 4.90 Å². The Morgan fingerprint density at radius 2 is 2.09 bits per heavy atom. The zero-order chi connectivity index (χ0) is 16.3. The lowest BCUT2D eigenvalue weighted by molar-refractivity contribution is -0.0528. The Labute approximate surface area is 131 Å². The van der Waals surface area contributed by atoms with Crippen molar-refractivity contribution in [3.63, 3.8) is 0 Å². The zero-order valence-electron chi connectivity index (χ0n) is 13.5. The Bertz CT molecular complexity index is 506. The molecule has 0 unspecified atom stereocenters. The van der Waals surface area contributed by atoms with Gasteiger partial charge in [0.05, 0.1) is 6.10 Å². The van der Waals surface area contributed by atoms with Gasteiger partial charge >= 0.3 is 0 Å². The summed E-state index contributed by atoms with van der Waals surface area (Å²) in [4.78, 5) is 16.3. The number of likely N-dealkylation sites (tertiary alicyclic amines) is 1. The van der Waals surface area contributed by atoms with Crippen LogP contribution in [-0.2, 0) is 0 Å². The Hall–Kier alpha value is -1.46. The molecular weight excluding hydrogens is 283 g/mol. The molecule has 5 heteroatoms. The SMILES string of the molecule is C[C@@H]1[C@H](O)CN1CCC[C@H](C)N(C)C(=O)c1ccc(F)cc1. The largest absolute Gasteiger partial charge is 0.390 e. The van der Waals surface area contributed by atoms with Crippen LogP contribution in [0.25, 0.3) is 0 Å². The molecule has 1 N–H and O–H groups in total.